The summed E-state index contributed by atoms with van der Waals surface area (Å²) in [5.41, 5.74) is 2.07. The van der Waals surface area contributed by atoms with E-state index in [1.165, 1.54) is 0 Å². The van der Waals surface area contributed by atoms with Gasteiger partial charge in [0.15, 0.2) is 17.5 Å². The van der Waals surface area contributed by atoms with E-state index in [-0.39, 0.29) is 6.04 Å². The van der Waals surface area contributed by atoms with Gasteiger partial charge in [-0.3, -0.25) is 4.68 Å². The molecule has 1 aromatic carbocycles. The van der Waals surface area contributed by atoms with Gasteiger partial charge in [0.25, 0.3) is 0 Å². The number of aromatic nitrogens is 2. The van der Waals surface area contributed by atoms with Gasteiger partial charge in [0.2, 0.25) is 0 Å². The van der Waals surface area contributed by atoms with Crippen molar-refractivity contribution in [3.8, 4) is 0 Å². The molecule has 0 saturated heterocycles. The minimum absolute atomic E-state index is 0.347. The van der Waals surface area contributed by atoms with Gasteiger partial charge in [0, 0.05) is 19.5 Å². The molecule has 0 fully saturated rings. The van der Waals surface area contributed by atoms with Gasteiger partial charge in [-0.1, -0.05) is 0 Å². The average Bonchev–Trinajstić information content (AvgIpc) is 2.67. The summed E-state index contributed by atoms with van der Waals surface area (Å²) in [5, 5.41) is 7.26. The van der Waals surface area contributed by atoms with E-state index in [4.69, 9.17) is 0 Å². The lowest BCUT2D eigenvalue weighted by atomic mass is 10.0. The lowest BCUT2D eigenvalue weighted by molar-refractivity contribution is 0.440. The minimum atomic E-state index is -1.45. The van der Waals surface area contributed by atoms with Gasteiger partial charge in [-0.2, -0.15) is 5.10 Å². The molecule has 0 bridgehead atoms. The molecule has 0 aliphatic carbocycles. The van der Waals surface area contributed by atoms with Gasteiger partial charge in [-0.25, -0.2) is 13.2 Å². The molecule has 0 saturated carbocycles. The molecule has 1 heterocycles. The van der Waals surface area contributed by atoms with Gasteiger partial charge < -0.3 is 5.32 Å². The second kappa shape index (κ2) is 6.19. The van der Waals surface area contributed by atoms with Gasteiger partial charge in [-0.15, -0.1) is 0 Å². The van der Waals surface area contributed by atoms with Crippen LogP contribution < -0.4 is 5.32 Å². The zero-order chi connectivity index (χ0) is 15.7. The first-order valence-electron chi connectivity index (χ1n) is 6.34. The van der Waals surface area contributed by atoms with Crippen molar-refractivity contribution in [3.05, 3.63) is 51.0 Å². The third-order valence-electron chi connectivity index (χ3n) is 3.42. The molecule has 0 amide bonds. The van der Waals surface area contributed by atoms with Crippen LogP contribution in [-0.4, -0.2) is 16.8 Å². The van der Waals surface area contributed by atoms with Crippen LogP contribution in [-0.2, 0) is 13.5 Å². The Hall–Kier alpha value is -1.34. The van der Waals surface area contributed by atoms with Gasteiger partial charge in [0.05, 0.1) is 15.9 Å². The molecule has 114 valence electrons. The maximum Gasteiger partial charge on any atom is 0.194 e. The average molecular weight is 362 g/mol. The molecule has 1 aromatic heterocycles. The van der Waals surface area contributed by atoms with Gasteiger partial charge in [-0.05, 0) is 47.6 Å². The number of hydrogen-bond acceptors (Lipinski definition) is 2. The first-order chi connectivity index (χ1) is 9.85. The molecule has 1 atom stereocenters. The maximum atomic E-state index is 13.4. The highest BCUT2D eigenvalue weighted by molar-refractivity contribution is 9.10. The Labute approximate surface area is 129 Å². The number of nitrogens with zero attached hydrogens (tertiary/aromatic N) is 2. The molecule has 3 nitrogen and oxygen atoms in total. The normalized spacial score (nSPS) is 12.7. The molecule has 0 aliphatic heterocycles. The predicted molar refractivity (Wildman–Crippen MR) is 77.5 cm³/mol. The summed E-state index contributed by atoms with van der Waals surface area (Å²) in [6, 6.07) is 1.66. The van der Waals surface area contributed by atoms with Crippen LogP contribution in [0.2, 0.25) is 0 Å². The van der Waals surface area contributed by atoms with E-state index in [1.807, 2.05) is 6.92 Å². The van der Waals surface area contributed by atoms with E-state index in [2.05, 4.69) is 26.3 Å². The molecular formula is C14H15BrF3N3. The molecule has 21 heavy (non-hydrogen) atoms. The second-order valence-electron chi connectivity index (χ2n) is 4.81. The Morgan fingerprint density at radius 2 is 1.86 bits per heavy atom. The number of halogens is 4. The number of benzene rings is 1. The van der Waals surface area contributed by atoms with Gasteiger partial charge >= 0.3 is 0 Å². The number of hydrogen-bond donors (Lipinski definition) is 1. The zero-order valence-electron chi connectivity index (χ0n) is 11.8. The summed E-state index contributed by atoms with van der Waals surface area (Å²) >= 11 is 3.45. The summed E-state index contributed by atoms with van der Waals surface area (Å²) < 4.78 is 42.3. The lowest BCUT2D eigenvalue weighted by Gasteiger charge is -2.17. The van der Waals surface area contributed by atoms with Crippen molar-refractivity contribution in [1.82, 2.24) is 15.1 Å². The molecule has 1 N–H and O–H groups in total. The van der Waals surface area contributed by atoms with E-state index in [0.29, 0.717) is 12.0 Å². The lowest BCUT2D eigenvalue weighted by Crippen LogP contribution is -2.21. The van der Waals surface area contributed by atoms with E-state index in [0.717, 1.165) is 28.0 Å². The SMILES string of the molecule is CNC(Cc1c(Br)c(C)nn1C)c1cc(F)c(F)c(F)c1. The Bertz CT molecular complexity index is 647. The fourth-order valence-electron chi connectivity index (χ4n) is 2.26. The van der Waals surface area contributed by atoms with Crippen LogP contribution in [0.3, 0.4) is 0 Å². The summed E-state index contributed by atoms with van der Waals surface area (Å²) in [6.45, 7) is 1.86. The van der Waals surface area contributed by atoms with E-state index < -0.39 is 17.5 Å². The van der Waals surface area contributed by atoms with Crippen LogP contribution in [0.1, 0.15) is 23.0 Å². The molecule has 7 heteroatoms. The summed E-state index contributed by atoms with van der Waals surface area (Å²) in [7, 11) is 3.48. The van der Waals surface area contributed by atoms with Crippen molar-refractivity contribution < 1.29 is 13.2 Å². The largest absolute Gasteiger partial charge is 0.313 e. The molecular weight excluding hydrogens is 347 g/mol. The van der Waals surface area contributed by atoms with Crippen molar-refractivity contribution in [1.29, 1.82) is 0 Å². The van der Waals surface area contributed by atoms with Crippen molar-refractivity contribution in [3.63, 3.8) is 0 Å². The minimum Gasteiger partial charge on any atom is -0.313 e. The van der Waals surface area contributed by atoms with Crippen molar-refractivity contribution >= 4 is 15.9 Å². The van der Waals surface area contributed by atoms with Crippen molar-refractivity contribution in [2.24, 2.45) is 7.05 Å². The summed E-state index contributed by atoms with van der Waals surface area (Å²) in [5.74, 6) is -3.83. The van der Waals surface area contributed by atoms with Crippen LogP contribution >= 0.6 is 15.9 Å². The van der Waals surface area contributed by atoms with E-state index >= 15 is 0 Å². The van der Waals surface area contributed by atoms with E-state index in [1.54, 1.807) is 18.8 Å². The first kappa shape index (κ1) is 16.0. The fourth-order valence-corrected chi connectivity index (χ4v) is 2.76. The quantitative estimate of drug-likeness (QED) is 0.845. The number of likely N-dealkylation sites (N-methyl/N-ethyl adjacent to an activating group) is 1. The maximum absolute atomic E-state index is 13.4. The van der Waals surface area contributed by atoms with Crippen LogP contribution in [0.15, 0.2) is 16.6 Å². The monoisotopic (exact) mass is 361 g/mol. The van der Waals surface area contributed by atoms with E-state index in [9.17, 15) is 13.2 Å². The molecule has 0 spiro atoms. The van der Waals surface area contributed by atoms with Gasteiger partial charge in [0.1, 0.15) is 0 Å². The second-order valence-corrected chi connectivity index (χ2v) is 5.61. The molecule has 2 aromatic rings. The Balaban J connectivity index is 2.36. The highest BCUT2D eigenvalue weighted by atomic mass is 79.9. The Morgan fingerprint density at radius 1 is 1.29 bits per heavy atom. The van der Waals surface area contributed by atoms with Crippen LogP contribution in [0.4, 0.5) is 13.2 Å². The Kier molecular flexibility index (Phi) is 4.73. The molecule has 1 unspecified atom stereocenters. The van der Waals surface area contributed by atoms with Crippen LogP contribution in [0.5, 0.6) is 0 Å². The third-order valence-corrected chi connectivity index (χ3v) is 4.45. The number of aryl methyl sites for hydroxylation is 2. The Morgan fingerprint density at radius 3 is 2.29 bits per heavy atom. The highest BCUT2D eigenvalue weighted by Gasteiger charge is 2.20. The van der Waals surface area contributed by atoms with Crippen LogP contribution in [0.25, 0.3) is 0 Å². The summed E-state index contributed by atoms with van der Waals surface area (Å²) in [6.07, 6.45) is 0.457. The standard InChI is InChI=1S/C14H15BrF3N3/c1-7-13(15)12(21(3)20-7)6-11(19-2)8-4-9(16)14(18)10(17)5-8/h4-5,11,19H,6H2,1-3H3. The molecule has 2 rings (SSSR count). The topological polar surface area (TPSA) is 29.9 Å². The molecule has 0 radical (unpaired) electrons. The number of nitrogens with one attached hydrogen (secondary N) is 1. The van der Waals surface area contributed by atoms with Crippen molar-refractivity contribution in [2.75, 3.05) is 7.05 Å². The van der Waals surface area contributed by atoms with Crippen molar-refractivity contribution in [2.45, 2.75) is 19.4 Å². The highest BCUT2D eigenvalue weighted by Crippen LogP contribution is 2.27. The molecule has 0 aliphatic rings. The van der Waals surface area contributed by atoms with Crippen LogP contribution in [0, 0.1) is 24.4 Å². The zero-order valence-corrected chi connectivity index (χ0v) is 13.4. The smallest absolute Gasteiger partial charge is 0.194 e. The third kappa shape index (κ3) is 3.13. The fraction of sp³-hybridized carbons (Fsp3) is 0.357. The predicted octanol–water partition coefficient (Wildman–Crippen LogP) is 3.41. The first-order valence-corrected chi connectivity index (χ1v) is 7.14. The number of rotatable bonds is 4. The summed E-state index contributed by atoms with van der Waals surface area (Å²) in [4.78, 5) is 0.